The number of hydrogen-bond acceptors (Lipinski definition) is 8. The molecule has 0 radical (unpaired) electrons. The van der Waals surface area contributed by atoms with Gasteiger partial charge < -0.3 is 25.6 Å². The summed E-state index contributed by atoms with van der Waals surface area (Å²) >= 11 is 0. The van der Waals surface area contributed by atoms with Gasteiger partial charge in [0.15, 0.2) is 5.65 Å². The predicted octanol–water partition coefficient (Wildman–Crippen LogP) is 3.39. The van der Waals surface area contributed by atoms with E-state index >= 15 is 0 Å². The molecule has 35 heavy (non-hydrogen) atoms. The zero-order valence-corrected chi connectivity index (χ0v) is 20.8. The Hall–Kier alpha value is -2.91. The zero-order chi connectivity index (χ0) is 23.8. The molecule has 186 valence electrons. The quantitative estimate of drug-likeness (QED) is 0.478. The first-order chi connectivity index (χ1) is 17.1. The lowest BCUT2D eigenvalue weighted by molar-refractivity contribution is 0.0903. The Morgan fingerprint density at radius 2 is 1.94 bits per heavy atom. The summed E-state index contributed by atoms with van der Waals surface area (Å²) in [5, 5.41) is 15.3. The van der Waals surface area contributed by atoms with E-state index in [2.05, 4.69) is 64.1 Å². The third-order valence-electron chi connectivity index (χ3n) is 7.55. The van der Waals surface area contributed by atoms with Gasteiger partial charge in [0.05, 0.1) is 6.20 Å². The van der Waals surface area contributed by atoms with Gasteiger partial charge >= 0.3 is 0 Å². The Balaban J connectivity index is 1.19. The highest BCUT2D eigenvalue weighted by molar-refractivity contribution is 5.56. The average molecular weight is 477 g/mol. The summed E-state index contributed by atoms with van der Waals surface area (Å²) in [7, 11) is 0. The molecule has 9 nitrogen and oxygen atoms in total. The molecule has 9 heteroatoms. The highest BCUT2D eigenvalue weighted by Crippen LogP contribution is 2.38. The first-order valence-corrected chi connectivity index (χ1v) is 13.0. The van der Waals surface area contributed by atoms with Gasteiger partial charge in [-0.05, 0) is 49.3 Å². The summed E-state index contributed by atoms with van der Waals surface area (Å²) in [5.74, 6) is 1.69. The third-order valence-corrected chi connectivity index (χ3v) is 7.55. The van der Waals surface area contributed by atoms with Crippen LogP contribution in [-0.2, 0) is 11.3 Å². The van der Waals surface area contributed by atoms with Crippen LogP contribution in [0.25, 0.3) is 5.65 Å². The van der Waals surface area contributed by atoms with Gasteiger partial charge in [0, 0.05) is 62.2 Å². The van der Waals surface area contributed by atoms with Crippen LogP contribution >= 0.6 is 0 Å². The number of fused-ring (bicyclic) bond motifs is 1. The molecule has 1 aliphatic carbocycles. The lowest BCUT2D eigenvalue weighted by Crippen LogP contribution is -2.52. The standard InChI is InChI=1S/C26H36N8O/c1-18(2)22-16-29-34-23(22)31-24(30-20-7-13-35-14-8-20)32-25(34)27-15-19-3-5-21(6-4-19)33-12-11-28-26(17-33)9-10-26/h3-6,16,18,20,28H,7-15,17H2,1-2H3,(H2,27,30,31,32). The second-order valence-corrected chi connectivity index (χ2v) is 10.5. The minimum Gasteiger partial charge on any atom is -0.381 e. The molecule has 2 aliphatic heterocycles. The van der Waals surface area contributed by atoms with Crippen molar-refractivity contribution >= 4 is 23.2 Å². The Morgan fingerprint density at radius 1 is 1.14 bits per heavy atom. The summed E-state index contributed by atoms with van der Waals surface area (Å²) in [5.41, 5.74) is 4.88. The number of hydrogen-bond donors (Lipinski definition) is 3. The maximum atomic E-state index is 5.50. The number of rotatable bonds is 7. The molecule has 3 fully saturated rings. The monoisotopic (exact) mass is 476 g/mol. The fourth-order valence-electron chi connectivity index (χ4n) is 5.17. The van der Waals surface area contributed by atoms with E-state index in [4.69, 9.17) is 14.7 Å². The number of anilines is 3. The van der Waals surface area contributed by atoms with Crippen molar-refractivity contribution in [3.05, 3.63) is 41.6 Å². The minimum atomic E-state index is 0.330. The van der Waals surface area contributed by atoms with Gasteiger partial charge in [-0.1, -0.05) is 26.0 Å². The molecule has 0 amide bonds. The van der Waals surface area contributed by atoms with Gasteiger partial charge in [0.1, 0.15) is 0 Å². The fourth-order valence-corrected chi connectivity index (χ4v) is 5.17. The second-order valence-electron chi connectivity index (χ2n) is 10.5. The molecule has 1 aromatic carbocycles. The van der Waals surface area contributed by atoms with Crippen molar-refractivity contribution in [2.24, 2.45) is 0 Å². The largest absolute Gasteiger partial charge is 0.381 e. The summed E-state index contributed by atoms with van der Waals surface area (Å²) in [6.45, 7) is 9.82. The van der Waals surface area contributed by atoms with Crippen LogP contribution in [0, 0.1) is 0 Å². The molecular weight excluding hydrogens is 440 g/mol. The maximum Gasteiger partial charge on any atom is 0.229 e. The van der Waals surface area contributed by atoms with Crippen molar-refractivity contribution in [2.45, 2.75) is 63.6 Å². The van der Waals surface area contributed by atoms with Crippen LogP contribution in [0.3, 0.4) is 0 Å². The van der Waals surface area contributed by atoms with Gasteiger partial charge in [0.2, 0.25) is 11.9 Å². The highest BCUT2D eigenvalue weighted by atomic mass is 16.5. The van der Waals surface area contributed by atoms with Crippen molar-refractivity contribution in [2.75, 3.05) is 48.4 Å². The van der Waals surface area contributed by atoms with Crippen LogP contribution in [0.1, 0.15) is 56.6 Å². The molecule has 1 saturated carbocycles. The molecule has 3 N–H and O–H groups in total. The molecule has 0 unspecified atom stereocenters. The molecular formula is C26H36N8O. The first kappa shape index (κ1) is 22.5. The second kappa shape index (κ2) is 9.28. The lowest BCUT2D eigenvalue weighted by atomic mass is 10.1. The van der Waals surface area contributed by atoms with Crippen LogP contribution in [0.2, 0.25) is 0 Å². The summed E-state index contributed by atoms with van der Waals surface area (Å²) < 4.78 is 7.33. The van der Waals surface area contributed by atoms with Crippen LogP contribution < -0.4 is 20.9 Å². The molecule has 4 heterocycles. The van der Waals surface area contributed by atoms with Crippen molar-refractivity contribution in [1.29, 1.82) is 0 Å². The highest BCUT2D eigenvalue weighted by Gasteiger charge is 2.45. The fraction of sp³-hybridized carbons (Fsp3) is 0.577. The Labute approximate surface area is 206 Å². The first-order valence-electron chi connectivity index (χ1n) is 13.0. The maximum absolute atomic E-state index is 5.50. The van der Waals surface area contributed by atoms with E-state index in [-0.39, 0.29) is 0 Å². The molecule has 3 aliphatic rings. The molecule has 1 spiro atoms. The van der Waals surface area contributed by atoms with E-state index in [1.54, 1.807) is 0 Å². The van der Waals surface area contributed by atoms with Crippen molar-refractivity contribution in [1.82, 2.24) is 24.9 Å². The molecule has 0 bridgehead atoms. The van der Waals surface area contributed by atoms with Crippen LogP contribution in [-0.4, -0.2) is 64.0 Å². The SMILES string of the molecule is CC(C)c1cnn2c(NCc3ccc(N4CCNC5(CC5)C4)cc3)nc(NC3CCOCC3)nc12. The number of aromatic nitrogens is 4. The lowest BCUT2D eigenvalue weighted by Gasteiger charge is -2.35. The van der Waals surface area contributed by atoms with Gasteiger partial charge in [-0.2, -0.15) is 19.6 Å². The van der Waals surface area contributed by atoms with E-state index in [1.165, 1.54) is 24.1 Å². The average Bonchev–Trinajstić information content (AvgIpc) is 3.46. The molecule has 3 aromatic rings. The van der Waals surface area contributed by atoms with E-state index < -0.39 is 0 Å². The Kier molecular flexibility index (Phi) is 5.98. The van der Waals surface area contributed by atoms with Gasteiger partial charge in [-0.3, -0.25) is 0 Å². The van der Waals surface area contributed by atoms with Crippen LogP contribution in [0.15, 0.2) is 30.5 Å². The summed E-state index contributed by atoms with van der Waals surface area (Å²) in [4.78, 5) is 12.2. The topological polar surface area (TPSA) is 91.6 Å². The normalized spacial score (nSPS) is 20.0. The van der Waals surface area contributed by atoms with Gasteiger partial charge in [-0.25, -0.2) is 0 Å². The van der Waals surface area contributed by atoms with Gasteiger partial charge in [-0.15, -0.1) is 0 Å². The minimum absolute atomic E-state index is 0.330. The van der Waals surface area contributed by atoms with Crippen LogP contribution in [0.5, 0.6) is 0 Å². The smallest absolute Gasteiger partial charge is 0.229 e. The predicted molar refractivity (Wildman–Crippen MR) is 138 cm³/mol. The summed E-state index contributed by atoms with van der Waals surface area (Å²) in [6, 6.07) is 9.25. The number of piperazine rings is 1. The zero-order valence-electron chi connectivity index (χ0n) is 20.8. The van der Waals surface area contributed by atoms with E-state index in [0.717, 1.165) is 56.9 Å². The van der Waals surface area contributed by atoms with Crippen molar-refractivity contribution < 1.29 is 4.74 Å². The molecule has 2 aromatic heterocycles. The third kappa shape index (κ3) is 4.79. The number of nitrogens with one attached hydrogen (secondary N) is 3. The number of nitrogens with zero attached hydrogens (tertiary/aromatic N) is 5. The number of benzene rings is 1. The molecule has 0 atom stereocenters. The van der Waals surface area contributed by atoms with E-state index in [0.29, 0.717) is 35.9 Å². The summed E-state index contributed by atoms with van der Waals surface area (Å²) in [6.07, 6.45) is 6.45. The van der Waals surface area contributed by atoms with E-state index in [9.17, 15) is 0 Å². The number of ether oxygens (including phenoxy) is 1. The van der Waals surface area contributed by atoms with Gasteiger partial charge in [0.25, 0.3) is 0 Å². The Bertz CT molecular complexity index is 1160. The molecule has 6 rings (SSSR count). The van der Waals surface area contributed by atoms with Crippen molar-refractivity contribution in [3.63, 3.8) is 0 Å². The molecule has 2 saturated heterocycles. The van der Waals surface area contributed by atoms with Crippen molar-refractivity contribution in [3.8, 4) is 0 Å². The van der Waals surface area contributed by atoms with E-state index in [1.807, 2.05) is 10.7 Å². The Morgan fingerprint density at radius 3 is 2.69 bits per heavy atom. The van der Waals surface area contributed by atoms with Crippen LogP contribution in [0.4, 0.5) is 17.6 Å².